The Labute approximate surface area is 107 Å². The Morgan fingerprint density at radius 1 is 1.50 bits per heavy atom. The van der Waals surface area contributed by atoms with E-state index in [1.165, 1.54) is 0 Å². The van der Waals surface area contributed by atoms with Crippen LogP contribution >= 0.6 is 0 Å². The highest BCUT2D eigenvalue weighted by Crippen LogP contribution is 2.20. The fourth-order valence-electron chi connectivity index (χ4n) is 2.16. The van der Waals surface area contributed by atoms with Crippen LogP contribution in [0.15, 0.2) is 24.3 Å². The molecule has 1 amide bonds. The van der Waals surface area contributed by atoms with Crippen molar-refractivity contribution < 1.29 is 14.6 Å². The molecule has 0 aliphatic carbocycles. The molecule has 1 aliphatic rings. The Morgan fingerprint density at radius 2 is 2.28 bits per heavy atom. The van der Waals surface area contributed by atoms with Crippen molar-refractivity contribution in [3.05, 3.63) is 35.4 Å². The van der Waals surface area contributed by atoms with Gasteiger partial charge in [-0.15, -0.1) is 0 Å². The maximum atomic E-state index is 11.9. The Morgan fingerprint density at radius 3 is 2.94 bits per heavy atom. The van der Waals surface area contributed by atoms with Gasteiger partial charge in [-0.3, -0.25) is 4.79 Å². The molecule has 1 aromatic rings. The Hall–Kier alpha value is -1.39. The van der Waals surface area contributed by atoms with E-state index in [-0.39, 0.29) is 24.5 Å². The third-order valence-corrected chi connectivity index (χ3v) is 3.29. The maximum Gasteiger partial charge on any atom is 0.249 e. The van der Waals surface area contributed by atoms with E-state index >= 15 is 0 Å². The molecule has 1 aliphatic heterocycles. The molecule has 2 N–H and O–H groups in total. The van der Waals surface area contributed by atoms with Crippen LogP contribution in [0, 0.1) is 5.92 Å². The minimum absolute atomic E-state index is 0.0184. The maximum absolute atomic E-state index is 11.9. The van der Waals surface area contributed by atoms with Crippen molar-refractivity contribution in [1.29, 1.82) is 0 Å². The first-order valence-electron chi connectivity index (χ1n) is 6.28. The lowest BCUT2D eigenvalue weighted by Gasteiger charge is -2.14. The zero-order chi connectivity index (χ0) is 13.0. The lowest BCUT2D eigenvalue weighted by atomic mass is 10.0. The van der Waals surface area contributed by atoms with Gasteiger partial charge in [-0.05, 0) is 23.5 Å². The molecule has 1 aromatic carbocycles. The summed E-state index contributed by atoms with van der Waals surface area (Å²) in [6.45, 7) is 3.19. The average Bonchev–Trinajstić information content (AvgIpc) is 2.82. The quantitative estimate of drug-likeness (QED) is 0.843. The molecular formula is C14H19NO3. The molecule has 0 spiro atoms. The molecule has 4 heteroatoms. The molecule has 98 valence electrons. The van der Waals surface area contributed by atoms with Gasteiger partial charge in [-0.25, -0.2) is 0 Å². The third-order valence-electron chi connectivity index (χ3n) is 3.29. The topological polar surface area (TPSA) is 58.6 Å². The molecule has 2 atom stereocenters. The van der Waals surface area contributed by atoms with E-state index in [2.05, 4.69) is 5.32 Å². The minimum Gasteiger partial charge on any atom is -0.392 e. The van der Waals surface area contributed by atoms with Gasteiger partial charge in [0.2, 0.25) is 5.91 Å². The van der Waals surface area contributed by atoms with Crippen molar-refractivity contribution in [3.63, 3.8) is 0 Å². The van der Waals surface area contributed by atoms with Crippen LogP contribution in [0.5, 0.6) is 0 Å². The van der Waals surface area contributed by atoms with Gasteiger partial charge >= 0.3 is 0 Å². The second-order valence-corrected chi connectivity index (χ2v) is 4.75. The summed E-state index contributed by atoms with van der Waals surface area (Å²) in [6.07, 6.45) is 0.629. The first kappa shape index (κ1) is 13.1. The van der Waals surface area contributed by atoms with Gasteiger partial charge in [0.05, 0.1) is 6.61 Å². The molecular weight excluding hydrogens is 230 g/mol. The minimum atomic E-state index is -0.314. The smallest absolute Gasteiger partial charge is 0.249 e. The zero-order valence-electron chi connectivity index (χ0n) is 10.6. The number of amides is 1. The number of hydrogen-bond acceptors (Lipinski definition) is 3. The van der Waals surface area contributed by atoms with Crippen LogP contribution in [-0.4, -0.2) is 23.7 Å². The van der Waals surface area contributed by atoms with Crippen LogP contribution in [0.3, 0.4) is 0 Å². The fraction of sp³-hybridized carbons (Fsp3) is 0.500. The van der Waals surface area contributed by atoms with Crippen LogP contribution in [0.25, 0.3) is 0 Å². The third kappa shape index (κ3) is 3.09. The summed E-state index contributed by atoms with van der Waals surface area (Å²) >= 11 is 0. The van der Waals surface area contributed by atoms with Crippen molar-refractivity contribution in [3.8, 4) is 0 Å². The van der Waals surface area contributed by atoms with Crippen LogP contribution in [0.2, 0.25) is 0 Å². The lowest BCUT2D eigenvalue weighted by molar-refractivity contribution is -0.131. The number of ether oxygens (including phenoxy) is 1. The van der Waals surface area contributed by atoms with Crippen LogP contribution in [0.4, 0.5) is 0 Å². The first-order valence-corrected chi connectivity index (χ1v) is 6.28. The van der Waals surface area contributed by atoms with Gasteiger partial charge in [0, 0.05) is 13.2 Å². The van der Waals surface area contributed by atoms with Gasteiger partial charge in [-0.1, -0.05) is 31.2 Å². The van der Waals surface area contributed by atoms with Crippen molar-refractivity contribution in [1.82, 2.24) is 5.32 Å². The first-order chi connectivity index (χ1) is 8.70. The molecule has 0 aromatic heterocycles. The highest BCUT2D eigenvalue weighted by molar-refractivity contribution is 5.81. The van der Waals surface area contributed by atoms with E-state index in [1.54, 1.807) is 0 Å². The van der Waals surface area contributed by atoms with E-state index in [0.29, 0.717) is 13.2 Å². The predicted molar refractivity (Wildman–Crippen MR) is 67.7 cm³/mol. The molecule has 0 radical (unpaired) electrons. The molecule has 18 heavy (non-hydrogen) atoms. The number of aliphatic hydroxyl groups excluding tert-OH is 1. The van der Waals surface area contributed by atoms with E-state index in [1.807, 2.05) is 31.2 Å². The van der Waals surface area contributed by atoms with Gasteiger partial charge < -0.3 is 15.2 Å². The van der Waals surface area contributed by atoms with Gasteiger partial charge in [0.25, 0.3) is 0 Å². The Kier molecular flexibility index (Phi) is 4.33. The monoisotopic (exact) mass is 249 g/mol. The number of benzene rings is 1. The van der Waals surface area contributed by atoms with Crippen LogP contribution in [0.1, 0.15) is 24.5 Å². The largest absolute Gasteiger partial charge is 0.392 e. The molecule has 1 heterocycles. The number of hydrogen-bond donors (Lipinski definition) is 2. The number of nitrogens with one attached hydrogen (secondary N) is 1. The van der Waals surface area contributed by atoms with E-state index in [4.69, 9.17) is 9.84 Å². The summed E-state index contributed by atoms with van der Waals surface area (Å²) < 4.78 is 5.41. The SMILES string of the molecule is CC1CCOC1C(=O)NCc1cccc(CO)c1. The van der Waals surface area contributed by atoms with Gasteiger partial charge in [-0.2, -0.15) is 0 Å². The van der Waals surface area contributed by atoms with E-state index in [9.17, 15) is 4.79 Å². The molecule has 2 rings (SSSR count). The number of rotatable bonds is 4. The lowest BCUT2D eigenvalue weighted by Crippen LogP contribution is -2.36. The summed E-state index contributed by atoms with van der Waals surface area (Å²) in [5.41, 5.74) is 1.84. The normalized spacial score (nSPS) is 23.0. The summed E-state index contributed by atoms with van der Waals surface area (Å²) in [6, 6.07) is 7.55. The Bertz CT molecular complexity index is 419. The fourth-order valence-corrected chi connectivity index (χ4v) is 2.16. The molecule has 2 unspecified atom stereocenters. The molecule has 1 saturated heterocycles. The van der Waals surface area contributed by atoms with Crippen molar-refractivity contribution in [2.45, 2.75) is 32.6 Å². The summed E-state index contributed by atoms with van der Waals surface area (Å²) in [5, 5.41) is 11.9. The summed E-state index contributed by atoms with van der Waals surface area (Å²) in [5.74, 6) is 0.239. The van der Waals surface area contributed by atoms with Gasteiger partial charge in [0.1, 0.15) is 6.10 Å². The second-order valence-electron chi connectivity index (χ2n) is 4.75. The number of carbonyl (C=O) groups is 1. The van der Waals surface area contributed by atoms with E-state index < -0.39 is 0 Å². The van der Waals surface area contributed by atoms with Crippen molar-refractivity contribution in [2.75, 3.05) is 6.61 Å². The van der Waals surface area contributed by atoms with Crippen LogP contribution < -0.4 is 5.32 Å². The molecule has 0 bridgehead atoms. The van der Waals surface area contributed by atoms with Crippen LogP contribution in [-0.2, 0) is 22.7 Å². The highest BCUT2D eigenvalue weighted by Gasteiger charge is 2.30. The highest BCUT2D eigenvalue weighted by atomic mass is 16.5. The standard InChI is InChI=1S/C14H19NO3/c1-10-5-6-18-13(10)14(17)15-8-11-3-2-4-12(7-11)9-16/h2-4,7,10,13,16H,5-6,8-9H2,1H3,(H,15,17). The summed E-state index contributed by atoms with van der Waals surface area (Å²) in [4.78, 5) is 11.9. The van der Waals surface area contributed by atoms with Crippen molar-refractivity contribution in [2.24, 2.45) is 5.92 Å². The Balaban J connectivity index is 1.88. The second kappa shape index (κ2) is 5.98. The van der Waals surface area contributed by atoms with Gasteiger partial charge in [0.15, 0.2) is 0 Å². The number of aliphatic hydroxyl groups is 1. The summed E-state index contributed by atoms with van der Waals surface area (Å²) in [7, 11) is 0. The predicted octanol–water partition coefficient (Wildman–Crippen LogP) is 1.22. The molecule has 4 nitrogen and oxygen atoms in total. The van der Waals surface area contributed by atoms with Crippen molar-refractivity contribution >= 4 is 5.91 Å². The average molecular weight is 249 g/mol. The molecule has 1 fully saturated rings. The number of carbonyl (C=O) groups excluding carboxylic acids is 1. The van der Waals surface area contributed by atoms with E-state index in [0.717, 1.165) is 17.5 Å². The molecule has 0 saturated carbocycles. The zero-order valence-corrected chi connectivity index (χ0v) is 10.6.